The molecule has 6 heteroatoms. The summed E-state index contributed by atoms with van der Waals surface area (Å²) in [6, 6.07) is 12.2. The molecule has 1 aliphatic rings. The highest BCUT2D eigenvalue weighted by atomic mass is 32.1. The number of Topliss-reactive ketones (excluding diaryl/α,β-unsaturated/α-hetero) is 1. The van der Waals surface area contributed by atoms with Gasteiger partial charge in [0.1, 0.15) is 5.76 Å². The number of likely N-dealkylation sites (tertiary alicyclic amines) is 1. The summed E-state index contributed by atoms with van der Waals surface area (Å²) in [7, 11) is 3.94. The van der Waals surface area contributed by atoms with E-state index in [0.717, 1.165) is 17.8 Å². The highest BCUT2D eigenvalue weighted by Gasteiger charge is 2.46. The predicted molar refractivity (Wildman–Crippen MR) is 103 cm³/mol. The zero-order chi connectivity index (χ0) is 18.7. The lowest BCUT2D eigenvalue weighted by Crippen LogP contribution is -2.32. The fraction of sp³-hybridized carbons (Fsp3) is 0.300. The zero-order valence-corrected chi connectivity index (χ0v) is 15.7. The summed E-state index contributed by atoms with van der Waals surface area (Å²) >= 11 is 1.48. The number of amides is 1. The fourth-order valence-corrected chi connectivity index (χ4v) is 4.01. The minimum Gasteiger partial charge on any atom is -0.507 e. The SMILES string of the molecule is CN(C)CCCN1C(=O)C(=O)/C(=C(/O)c2ccccc2)C1c1cccs1. The van der Waals surface area contributed by atoms with Crippen LogP contribution in [0.5, 0.6) is 0 Å². The highest BCUT2D eigenvalue weighted by Crippen LogP contribution is 2.40. The first-order valence-electron chi connectivity index (χ1n) is 8.52. The number of carbonyl (C=O) groups is 2. The maximum Gasteiger partial charge on any atom is 0.295 e. The lowest BCUT2D eigenvalue weighted by molar-refractivity contribution is -0.139. The van der Waals surface area contributed by atoms with Gasteiger partial charge in [-0.2, -0.15) is 0 Å². The maximum absolute atomic E-state index is 12.7. The van der Waals surface area contributed by atoms with Crippen LogP contribution in [0.1, 0.15) is 22.9 Å². The van der Waals surface area contributed by atoms with E-state index in [1.54, 1.807) is 29.2 Å². The zero-order valence-electron chi connectivity index (χ0n) is 14.9. The molecular weight excluding hydrogens is 348 g/mol. The van der Waals surface area contributed by atoms with Crippen LogP contribution in [0.15, 0.2) is 53.4 Å². The monoisotopic (exact) mass is 370 g/mol. The average Bonchev–Trinajstić information content (AvgIpc) is 3.24. The van der Waals surface area contributed by atoms with Crippen molar-refractivity contribution in [2.75, 3.05) is 27.2 Å². The van der Waals surface area contributed by atoms with Gasteiger partial charge < -0.3 is 14.9 Å². The quantitative estimate of drug-likeness (QED) is 0.482. The van der Waals surface area contributed by atoms with E-state index in [1.807, 2.05) is 42.6 Å². The summed E-state index contributed by atoms with van der Waals surface area (Å²) in [5.74, 6) is -1.27. The molecule has 1 N–H and O–H groups in total. The Morgan fingerprint density at radius 1 is 1.15 bits per heavy atom. The first-order valence-corrected chi connectivity index (χ1v) is 9.40. The van der Waals surface area contributed by atoms with Crippen molar-refractivity contribution >= 4 is 28.8 Å². The molecular formula is C20H22N2O3S. The van der Waals surface area contributed by atoms with Crippen LogP contribution >= 0.6 is 11.3 Å². The van der Waals surface area contributed by atoms with Crippen LogP contribution in [0.3, 0.4) is 0 Å². The van der Waals surface area contributed by atoms with E-state index in [4.69, 9.17) is 0 Å². The second-order valence-corrected chi connectivity index (χ2v) is 7.51. The molecule has 5 nitrogen and oxygen atoms in total. The van der Waals surface area contributed by atoms with Crippen LogP contribution in [0, 0.1) is 0 Å². The minimum absolute atomic E-state index is 0.113. The molecule has 3 rings (SSSR count). The smallest absolute Gasteiger partial charge is 0.295 e. The molecule has 1 atom stereocenters. The molecule has 0 bridgehead atoms. The van der Waals surface area contributed by atoms with Crippen LogP contribution in [-0.2, 0) is 9.59 Å². The number of carbonyl (C=O) groups excluding carboxylic acids is 2. The van der Waals surface area contributed by atoms with Crippen molar-refractivity contribution in [2.24, 2.45) is 0 Å². The standard InChI is InChI=1S/C20H22N2O3S/c1-21(2)11-7-12-22-17(15-10-6-13-26-15)16(19(24)20(22)25)18(23)14-8-4-3-5-9-14/h3-6,8-10,13,17,23H,7,11-12H2,1-2H3/b18-16+. The second kappa shape index (κ2) is 7.85. The third-order valence-electron chi connectivity index (χ3n) is 4.40. The van der Waals surface area contributed by atoms with Gasteiger partial charge in [0.2, 0.25) is 0 Å². The minimum atomic E-state index is -0.616. The van der Waals surface area contributed by atoms with Gasteiger partial charge in [-0.05, 0) is 38.5 Å². The van der Waals surface area contributed by atoms with Gasteiger partial charge in [-0.3, -0.25) is 9.59 Å². The average molecular weight is 370 g/mol. The van der Waals surface area contributed by atoms with Crippen LogP contribution < -0.4 is 0 Å². The fourth-order valence-electron chi connectivity index (χ4n) is 3.16. The Morgan fingerprint density at radius 2 is 1.88 bits per heavy atom. The summed E-state index contributed by atoms with van der Waals surface area (Å²) in [6.45, 7) is 1.29. The van der Waals surface area contributed by atoms with Gasteiger partial charge in [-0.25, -0.2) is 0 Å². The van der Waals surface area contributed by atoms with Crippen molar-refractivity contribution in [2.45, 2.75) is 12.5 Å². The van der Waals surface area contributed by atoms with Crippen LogP contribution in [-0.4, -0.2) is 53.8 Å². The molecule has 2 heterocycles. The van der Waals surface area contributed by atoms with Crippen molar-refractivity contribution in [3.05, 3.63) is 63.9 Å². The number of hydrogen-bond acceptors (Lipinski definition) is 5. The topological polar surface area (TPSA) is 60.9 Å². The van der Waals surface area contributed by atoms with E-state index < -0.39 is 17.7 Å². The molecule has 1 saturated heterocycles. The molecule has 0 aliphatic carbocycles. The van der Waals surface area contributed by atoms with Crippen LogP contribution in [0.4, 0.5) is 0 Å². The Balaban J connectivity index is 2.02. The van der Waals surface area contributed by atoms with E-state index in [9.17, 15) is 14.7 Å². The van der Waals surface area contributed by atoms with Gasteiger partial charge in [0, 0.05) is 17.0 Å². The summed E-state index contributed by atoms with van der Waals surface area (Å²) in [4.78, 5) is 29.9. The highest BCUT2D eigenvalue weighted by molar-refractivity contribution is 7.10. The van der Waals surface area contributed by atoms with Crippen molar-refractivity contribution in [3.63, 3.8) is 0 Å². The first-order chi connectivity index (χ1) is 12.5. The number of ketones is 1. The van der Waals surface area contributed by atoms with Gasteiger partial charge >= 0.3 is 0 Å². The molecule has 1 aromatic heterocycles. The molecule has 1 unspecified atom stereocenters. The second-order valence-electron chi connectivity index (χ2n) is 6.53. The van der Waals surface area contributed by atoms with E-state index in [-0.39, 0.29) is 11.3 Å². The van der Waals surface area contributed by atoms with Gasteiger partial charge in [0.15, 0.2) is 0 Å². The van der Waals surface area contributed by atoms with Crippen molar-refractivity contribution < 1.29 is 14.7 Å². The molecule has 2 aromatic rings. The largest absolute Gasteiger partial charge is 0.507 e. The molecule has 1 aliphatic heterocycles. The van der Waals surface area contributed by atoms with Crippen molar-refractivity contribution in [3.8, 4) is 0 Å². The summed E-state index contributed by atoms with van der Waals surface area (Å²) in [5.41, 5.74) is 0.717. The molecule has 1 aromatic carbocycles. The Hall–Kier alpha value is -2.44. The summed E-state index contributed by atoms with van der Waals surface area (Å²) < 4.78 is 0. The normalized spacial score (nSPS) is 19.5. The molecule has 26 heavy (non-hydrogen) atoms. The number of aliphatic hydroxyl groups excluding tert-OH is 1. The molecule has 0 saturated carbocycles. The lowest BCUT2D eigenvalue weighted by Gasteiger charge is -2.24. The number of benzene rings is 1. The Kier molecular flexibility index (Phi) is 5.54. The Labute approximate surface area is 157 Å². The van der Waals surface area contributed by atoms with Gasteiger partial charge in [0.05, 0.1) is 11.6 Å². The number of hydrogen-bond donors (Lipinski definition) is 1. The molecule has 0 spiro atoms. The number of aliphatic hydroxyl groups is 1. The third kappa shape index (κ3) is 3.57. The van der Waals surface area contributed by atoms with Crippen LogP contribution in [0.2, 0.25) is 0 Å². The predicted octanol–water partition coefficient (Wildman–Crippen LogP) is 3.12. The van der Waals surface area contributed by atoms with Gasteiger partial charge in [-0.15, -0.1) is 11.3 Å². The van der Waals surface area contributed by atoms with Crippen molar-refractivity contribution in [1.82, 2.24) is 9.80 Å². The Morgan fingerprint density at radius 3 is 2.50 bits per heavy atom. The molecule has 0 radical (unpaired) electrons. The number of thiophene rings is 1. The van der Waals surface area contributed by atoms with Crippen LogP contribution in [0.25, 0.3) is 5.76 Å². The van der Waals surface area contributed by atoms with E-state index in [2.05, 4.69) is 0 Å². The summed E-state index contributed by atoms with van der Waals surface area (Å²) in [6.07, 6.45) is 0.757. The van der Waals surface area contributed by atoms with E-state index >= 15 is 0 Å². The summed E-state index contributed by atoms with van der Waals surface area (Å²) in [5, 5.41) is 12.7. The number of rotatable bonds is 6. The molecule has 1 fully saturated rings. The maximum atomic E-state index is 12.7. The third-order valence-corrected chi connectivity index (χ3v) is 5.33. The van der Waals surface area contributed by atoms with E-state index in [0.29, 0.717) is 12.1 Å². The van der Waals surface area contributed by atoms with Crippen molar-refractivity contribution in [1.29, 1.82) is 0 Å². The first kappa shape index (κ1) is 18.4. The van der Waals surface area contributed by atoms with Gasteiger partial charge in [-0.1, -0.05) is 36.4 Å². The number of nitrogens with zero attached hydrogens (tertiary/aromatic N) is 2. The molecule has 1 amide bonds. The molecule has 136 valence electrons. The van der Waals surface area contributed by atoms with Gasteiger partial charge in [0.25, 0.3) is 11.7 Å². The lowest BCUT2D eigenvalue weighted by atomic mass is 10.00. The Bertz CT molecular complexity index is 813. The van der Waals surface area contributed by atoms with E-state index in [1.165, 1.54) is 11.3 Å².